The number of amides is 1. The molecular weight excluding hydrogens is 374 g/mol. The molecule has 2 aromatic carbocycles. The zero-order valence-corrected chi connectivity index (χ0v) is 16.8. The van der Waals surface area contributed by atoms with Gasteiger partial charge in [-0.3, -0.25) is 4.79 Å². The van der Waals surface area contributed by atoms with Gasteiger partial charge in [0, 0.05) is 13.1 Å². The Kier molecular flexibility index (Phi) is 9.13. The minimum atomic E-state index is -3.61. The number of nitrogens with two attached hydrogens (primary N) is 1. The van der Waals surface area contributed by atoms with E-state index in [1.54, 1.807) is 12.1 Å². The van der Waals surface area contributed by atoms with Crippen molar-refractivity contribution in [2.24, 2.45) is 5.73 Å². The Morgan fingerprint density at radius 3 is 2.43 bits per heavy atom. The van der Waals surface area contributed by atoms with Crippen LogP contribution < -0.4 is 15.8 Å². The molecule has 0 spiro atoms. The number of nitrogens with one attached hydrogen (secondary N) is 2. The van der Waals surface area contributed by atoms with Gasteiger partial charge in [0.2, 0.25) is 15.9 Å². The first kappa shape index (κ1) is 22.1. The van der Waals surface area contributed by atoms with Crippen LogP contribution in [0.5, 0.6) is 0 Å². The summed E-state index contributed by atoms with van der Waals surface area (Å²) in [6.07, 6.45) is 2.99. The zero-order valence-electron chi connectivity index (χ0n) is 15.9. The molecule has 7 heteroatoms. The van der Waals surface area contributed by atoms with Gasteiger partial charge >= 0.3 is 0 Å². The summed E-state index contributed by atoms with van der Waals surface area (Å²) in [6.45, 7) is 0.507. The van der Waals surface area contributed by atoms with Crippen molar-refractivity contribution < 1.29 is 13.2 Å². The Bertz CT molecular complexity index is 811. The summed E-state index contributed by atoms with van der Waals surface area (Å²) in [5.41, 5.74) is 7.48. The highest BCUT2D eigenvalue weighted by molar-refractivity contribution is 7.89. The Morgan fingerprint density at radius 2 is 1.75 bits per heavy atom. The lowest BCUT2D eigenvalue weighted by Gasteiger charge is -2.18. The molecule has 0 aliphatic heterocycles. The van der Waals surface area contributed by atoms with Crippen molar-refractivity contribution in [2.75, 3.05) is 18.8 Å². The van der Waals surface area contributed by atoms with Crippen LogP contribution in [0.3, 0.4) is 0 Å². The normalized spacial score (nSPS) is 12.5. The van der Waals surface area contributed by atoms with Gasteiger partial charge in [-0.2, -0.15) is 0 Å². The Balaban J connectivity index is 1.86. The maximum absolute atomic E-state index is 12.6. The summed E-state index contributed by atoms with van der Waals surface area (Å²) >= 11 is 0. The molecule has 1 radical (unpaired) electrons. The lowest BCUT2D eigenvalue weighted by atomic mass is 10.1. The molecule has 2 aromatic rings. The summed E-state index contributed by atoms with van der Waals surface area (Å²) < 4.78 is 26.7. The number of aryl methyl sites for hydroxylation is 1. The van der Waals surface area contributed by atoms with Gasteiger partial charge in [0.1, 0.15) is 6.04 Å². The summed E-state index contributed by atoms with van der Waals surface area (Å²) in [7, 11) is -3.61. The van der Waals surface area contributed by atoms with Crippen LogP contribution in [0.1, 0.15) is 24.0 Å². The number of carbonyl (C=O) groups excluding carboxylic acids is 1. The van der Waals surface area contributed by atoms with Gasteiger partial charge < -0.3 is 11.1 Å². The second-order valence-corrected chi connectivity index (χ2v) is 8.50. The minimum absolute atomic E-state index is 0.00343. The molecule has 6 nitrogen and oxygen atoms in total. The fraction of sp³-hybridized carbons (Fsp3) is 0.381. The molecule has 151 valence electrons. The van der Waals surface area contributed by atoms with Crippen molar-refractivity contribution in [2.45, 2.75) is 31.7 Å². The van der Waals surface area contributed by atoms with Crippen LogP contribution in [0, 0.1) is 6.07 Å². The van der Waals surface area contributed by atoms with E-state index in [2.05, 4.69) is 28.2 Å². The van der Waals surface area contributed by atoms with Crippen molar-refractivity contribution >= 4 is 15.9 Å². The lowest BCUT2D eigenvalue weighted by molar-refractivity contribution is -0.122. The van der Waals surface area contributed by atoms with Gasteiger partial charge in [-0.1, -0.05) is 54.6 Å². The van der Waals surface area contributed by atoms with Crippen LogP contribution in [0.2, 0.25) is 0 Å². The number of hydrogen-bond donors (Lipinski definition) is 3. The van der Waals surface area contributed by atoms with Crippen LogP contribution in [-0.4, -0.2) is 39.2 Å². The minimum Gasteiger partial charge on any atom is -0.355 e. The van der Waals surface area contributed by atoms with Gasteiger partial charge in [0.05, 0.1) is 5.75 Å². The van der Waals surface area contributed by atoms with Crippen LogP contribution in [-0.2, 0) is 27.7 Å². The van der Waals surface area contributed by atoms with Crippen molar-refractivity contribution in [1.82, 2.24) is 10.0 Å². The van der Waals surface area contributed by atoms with Gasteiger partial charge in [0.15, 0.2) is 0 Å². The molecule has 28 heavy (non-hydrogen) atoms. The zero-order chi connectivity index (χ0) is 20.2. The Labute approximate surface area is 167 Å². The van der Waals surface area contributed by atoms with Crippen LogP contribution in [0.4, 0.5) is 0 Å². The molecule has 2 rings (SSSR count). The lowest BCUT2D eigenvalue weighted by Crippen LogP contribution is -2.49. The molecule has 0 saturated carbocycles. The molecule has 1 amide bonds. The molecule has 0 aliphatic carbocycles. The van der Waals surface area contributed by atoms with E-state index in [1.165, 1.54) is 5.56 Å². The predicted molar refractivity (Wildman–Crippen MR) is 111 cm³/mol. The summed E-state index contributed by atoms with van der Waals surface area (Å²) in [6, 6.07) is 19.3. The van der Waals surface area contributed by atoms with Crippen molar-refractivity contribution in [3.63, 3.8) is 0 Å². The van der Waals surface area contributed by atoms with E-state index < -0.39 is 16.1 Å². The average Bonchev–Trinajstić information content (AvgIpc) is 2.68. The van der Waals surface area contributed by atoms with Crippen LogP contribution >= 0.6 is 0 Å². The number of sulfonamides is 1. The number of carbonyl (C=O) groups is 1. The van der Waals surface area contributed by atoms with Gasteiger partial charge in [-0.15, -0.1) is 0 Å². The third kappa shape index (κ3) is 8.21. The number of benzene rings is 2. The number of unbranched alkanes of at least 4 members (excludes halogenated alkanes) is 1. The van der Waals surface area contributed by atoms with Gasteiger partial charge in [-0.05, 0) is 42.9 Å². The third-order valence-corrected chi connectivity index (χ3v) is 5.70. The molecule has 1 atom stereocenters. The molecule has 4 N–H and O–H groups in total. The standard InChI is InChI=1S/C21H28N3O3S/c22-14-16-28(26,27)24-20(17-19-12-5-2-6-13-19)21(25)23-15-8-7-11-18-9-3-1-4-10-18/h1,3-6,9-10,12-13,20,24H,7-8,11,14-17,22H2,(H,23,25)/t20-/m0/s1. The summed E-state index contributed by atoms with van der Waals surface area (Å²) in [5.74, 6) is -0.538. The highest BCUT2D eigenvalue weighted by Gasteiger charge is 2.24. The first-order valence-corrected chi connectivity index (χ1v) is 11.1. The predicted octanol–water partition coefficient (Wildman–Crippen LogP) is 1.42. The largest absolute Gasteiger partial charge is 0.355 e. The maximum Gasteiger partial charge on any atom is 0.238 e. The third-order valence-electron chi connectivity index (χ3n) is 4.29. The van der Waals surface area contributed by atoms with Crippen molar-refractivity contribution in [3.8, 4) is 0 Å². The Hall–Kier alpha value is -2.22. The van der Waals surface area contributed by atoms with E-state index in [4.69, 9.17) is 5.73 Å². The second kappa shape index (κ2) is 11.6. The van der Waals surface area contributed by atoms with E-state index in [9.17, 15) is 13.2 Å². The molecule has 0 bridgehead atoms. The highest BCUT2D eigenvalue weighted by atomic mass is 32.2. The van der Waals surface area contributed by atoms with Gasteiger partial charge in [-0.25, -0.2) is 13.1 Å². The van der Waals surface area contributed by atoms with E-state index in [1.807, 2.05) is 30.3 Å². The topological polar surface area (TPSA) is 101 Å². The van der Waals surface area contributed by atoms with E-state index in [0.717, 1.165) is 24.8 Å². The van der Waals surface area contributed by atoms with Crippen LogP contribution in [0.25, 0.3) is 0 Å². The first-order valence-electron chi connectivity index (χ1n) is 9.47. The summed E-state index contributed by atoms with van der Waals surface area (Å²) in [5, 5.41) is 2.85. The molecule has 0 fully saturated rings. The SMILES string of the molecule is NCCS(=O)(=O)N[C@@H](Cc1cc[c]cc1)C(=O)NCCCCc1ccccc1. The first-order chi connectivity index (χ1) is 13.5. The second-order valence-electron chi connectivity index (χ2n) is 6.62. The monoisotopic (exact) mass is 402 g/mol. The number of rotatable bonds is 12. The average molecular weight is 403 g/mol. The molecule has 0 heterocycles. The maximum atomic E-state index is 12.6. The fourth-order valence-electron chi connectivity index (χ4n) is 2.85. The Morgan fingerprint density at radius 1 is 1.04 bits per heavy atom. The van der Waals surface area contributed by atoms with Crippen molar-refractivity contribution in [3.05, 3.63) is 71.8 Å². The fourth-order valence-corrected chi connectivity index (χ4v) is 3.90. The molecule has 0 saturated heterocycles. The molecular formula is C21H28N3O3S. The highest BCUT2D eigenvalue weighted by Crippen LogP contribution is 2.06. The number of hydrogen-bond acceptors (Lipinski definition) is 4. The van der Waals surface area contributed by atoms with Crippen molar-refractivity contribution in [1.29, 1.82) is 0 Å². The van der Waals surface area contributed by atoms with Crippen LogP contribution in [0.15, 0.2) is 54.6 Å². The van der Waals surface area contributed by atoms with E-state index >= 15 is 0 Å². The smallest absolute Gasteiger partial charge is 0.238 e. The van der Waals surface area contributed by atoms with E-state index in [-0.39, 0.29) is 24.6 Å². The quantitative estimate of drug-likeness (QED) is 0.467. The molecule has 0 unspecified atom stereocenters. The molecule has 0 aliphatic rings. The van der Waals surface area contributed by atoms with Gasteiger partial charge in [0.25, 0.3) is 0 Å². The summed E-state index contributed by atoms with van der Waals surface area (Å²) in [4.78, 5) is 12.6. The molecule has 0 aromatic heterocycles. The van der Waals surface area contributed by atoms with E-state index in [0.29, 0.717) is 6.54 Å².